The van der Waals surface area contributed by atoms with Crippen molar-refractivity contribution in [1.82, 2.24) is 10.2 Å². The molecule has 1 aliphatic rings. The molecule has 3 rings (SSSR count). The fourth-order valence-electron chi connectivity index (χ4n) is 4.15. The van der Waals surface area contributed by atoms with E-state index >= 15 is 0 Å². The predicted molar refractivity (Wildman–Crippen MR) is 133 cm³/mol. The fourth-order valence-corrected chi connectivity index (χ4v) is 4.15. The number of carbonyl (C=O) groups is 3. The molecule has 8 nitrogen and oxygen atoms in total. The molecule has 8 heteroatoms. The van der Waals surface area contributed by atoms with E-state index in [1.807, 2.05) is 48.3 Å². The van der Waals surface area contributed by atoms with Crippen molar-refractivity contribution < 1.29 is 14.4 Å². The number of nitrogens with zero attached hydrogens (tertiary/aromatic N) is 2. The Morgan fingerprint density at radius 1 is 1.18 bits per heavy atom. The number of aryl methyl sites for hydroxylation is 2. The Bertz CT molecular complexity index is 1060. The summed E-state index contributed by atoms with van der Waals surface area (Å²) in [6.45, 7) is 2.51. The first-order chi connectivity index (χ1) is 16.3. The van der Waals surface area contributed by atoms with Gasteiger partial charge in [0.15, 0.2) is 0 Å². The van der Waals surface area contributed by atoms with Gasteiger partial charge in [-0.25, -0.2) is 5.84 Å². The number of hydrogen-bond acceptors (Lipinski definition) is 7. The monoisotopic (exact) mass is 463 g/mol. The third kappa shape index (κ3) is 6.30. The number of amides is 2. The average Bonchev–Trinajstić information content (AvgIpc) is 2.83. The topological polar surface area (TPSA) is 122 Å². The number of nitrogens with two attached hydrogens (primary N) is 2. The van der Waals surface area contributed by atoms with Crippen LogP contribution in [0, 0.1) is 0 Å². The number of allylic oxidation sites excluding steroid dienone is 1. The highest BCUT2D eigenvalue weighted by Crippen LogP contribution is 2.22. The Balaban J connectivity index is 1.70. The molecule has 0 bridgehead atoms. The number of likely N-dealkylation sites (N-methyl/N-ethyl adjacent to an activating group) is 1. The van der Waals surface area contributed by atoms with E-state index in [-0.39, 0.29) is 11.8 Å². The van der Waals surface area contributed by atoms with E-state index in [1.165, 1.54) is 10.6 Å². The zero-order valence-electron chi connectivity index (χ0n) is 19.8. The second-order valence-electron chi connectivity index (χ2n) is 8.62. The highest BCUT2D eigenvalue weighted by Gasteiger charge is 2.30. The number of imide groups is 1. The normalized spacial score (nSPS) is 16.5. The number of aldehydes is 1. The van der Waals surface area contributed by atoms with E-state index in [0.29, 0.717) is 43.5 Å². The lowest BCUT2D eigenvalue weighted by Crippen LogP contribution is -2.51. The van der Waals surface area contributed by atoms with Gasteiger partial charge in [0.1, 0.15) is 6.29 Å². The van der Waals surface area contributed by atoms with Gasteiger partial charge in [-0.05, 0) is 61.6 Å². The van der Waals surface area contributed by atoms with Gasteiger partial charge in [0.2, 0.25) is 11.8 Å². The Labute approximate surface area is 200 Å². The fraction of sp³-hybridized carbons (Fsp3) is 0.346. The number of carbonyl (C=O) groups excluding carboxylic acids is 3. The molecule has 34 heavy (non-hydrogen) atoms. The van der Waals surface area contributed by atoms with Crippen molar-refractivity contribution in [1.29, 1.82) is 0 Å². The maximum Gasteiger partial charge on any atom is 0.243 e. The Kier molecular flexibility index (Phi) is 8.56. The van der Waals surface area contributed by atoms with Crippen LogP contribution in [0.4, 0.5) is 5.69 Å². The minimum absolute atomic E-state index is 0.249. The first kappa shape index (κ1) is 25.1. The molecule has 2 aromatic carbocycles. The zero-order valence-corrected chi connectivity index (χ0v) is 19.8. The van der Waals surface area contributed by atoms with Crippen molar-refractivity contribution >= 4 is 23.8 Å². The van der Waals surface area contributed by atoms with E-state index in [1.54, 1.807) is 12.3 Å². The van der Waals surface area contributed by atoms with Gasteiger partial charge in [0.25, 0.3) is 0 Å². The maximum atomic E-state index is 12.3. The number of rotatable bonds is 10. The third-order valence-electron chi connectivity index (χ3n) is 6.22. The van der Waals surface area contributed by atoms with Crippen molar-refractivity contribution in [2.75, 3.05) is 12.1 Å². The molecule has 0 aliphatic carbocycles. The van der Waals surface area contributed by atoms with Crippen molar-refractivity contribution in [2.24, 2.45) is 11.6 Å². The van der Waals surface area contributed by atoms with Crippen molar-refractivity contribution in [3.63, 3.8) is 0 Å². The van der Waals surface area contributed by atoms with Crippen LogP contribution < -0.4 is 21.9 Å². The molecule has 5 N–H and O–H groups in total. The first-order valence-corrected chi connectivity index (χ1v) is 11.5. The zero-order chi connectivity index (χ0) is 24.7. The lowest BCUT2D eigenvalue weighted by atomic mass is 9.96. The molecule has 180 valence electrons. The summed E-state index contributed by atoms with van der Waals surface area (Å²) in [5.74, 6) is 5.62. The van der Waals surface area contributed by atoms with E-state index < -0.39 is 6.04 Å². The van der Waals surface area contributed by atoms with Crippen LogP contribution in [0.2, 0.25) is 0 Å². The lowest BCUT2D eigenvalue weighted by molar-refractivity contribution is -0.137. The van der Waals surface area contributed by atoms with Crippen molar-refractivity contribution in [2.45, 2.75) is 51.6 Å². The molecule has 0 aromatic heterocycles. The summed E-state index contributed by atoms with van der Waals surface area (Å²) in [5.41, 5.74) is 11.4. The second kappa shape index (κ2) is 11.6. The predicted octanol–water partition coefficient (Wildman–Crippen LogP) is 2.41. The summed E-state index contributed by atoms with van der Waals surface area (Å²) >= 11 is 0. The van der Waals surface area contributed by atoms with Crippen LogP contribution >= 0.6 is 0 Å². The highest BCUT2D eigenvalue weighted by atomic mass is 16.2. The molecule has 2 amide bonds. The van der Waals surface area contributed by atoms with Crippen LogP contribution in [0.3, 0.4) is 0 Å². The van der Waals surface area contributed by atoms with Gasteiger partial charge in [0, 0.05) is 30.4 Å². The van der Waals surface area contributed by atoms with E-state index in [4.69, 9.17) is 11.6 Å². The van der Waals surface area contributed by atoms with Crippen molar-refractivity contribution in [3.8, 4) is 0 Å². The van der Waals surface area contributed by atoms with Crippen LogP contribution in [0.1, 0.15) is 53.2 Å². The van der Waals surface area contributed by atoms with Crippen LogP contribution in [-0.2, 0) is 29.0 Å². The van der Waals surface area contributed by atoms with E-state index in [2.05, 4.69) is 12.2 Å². The van der Waals surface area contributed by atoms with Crippen LogP contribution in [-0.4, -0.2) is 36.1 Å². The van der Waals surface area contributed by atoms with Gasteiger partial charge >= 0.3 is 0 Å². The second-order valence-corrected chi connectivity index (χ2v) is 8.62. The summed E-state index contributed by atoms with van der Waals surface area (Å²) in [4.78, 5) is 37.3. The smallest absolute Gasteiger partial charge is 0.243 e. The molecule has 1 atom stereocenters. The molecule has 1 fully saturated rings. The summed E-state index contributed by atoms with van der Waals surface area (Å²) < 4.78 is 0. The van der Waals surface area contributed by atoms with Crippen LogP contribution in [0.25, 0.3) is 0 Å². The van der Waals surface area contributed by atoms with Gasteiger partial charge < -0.3 is 5.73 Å². The largest absolute Gasteiger partial charge is 0.401 e. The Morgan fingerprint density at radius 3 is 2.56 bits per heavy atom. The summed E-state index contributed by atoms with van der Waals surface area (Å²) in [5, 5.41) is 3.90. The molecule has 1 unspecified atom stereocenters. The molecule has 2 aromatic rings. The molecule has 1 aliphatic heterocycles. The third-order valence-corrected chi connectivity index (χ3v) is 6.22. The van der Waals surface area contributed by atoms with Gasteiger partial charge in [0.05, 0.1) is 11.7 Å². The summed E-state index contributed by atoms with van der Waals surface area (Å²) in [6.07, 6.45) is 5.44. The quantitative estimate of drug-likeness (QED) is 0.214. The van der Waals surface area contributed by atoms with E-state index in [9.17, 15) is 14.4 Å². The number of benzene rings is 2. The number of hydrazine groups is 1. The molecular weight excluding hydrogens is 430 g/mol. The molecule has 1 saturated heterocycles. The Hall–Kier alpha value is -3.49. The number of piperidine rings is 1. The molecule has 1 heterocycles. The maximum absolute atomic E-state index is 12.3. The minimum atomic E-state index is -0.417. The van der Waals surface area contributed by atoms with Crippen LogP contribution in [0.15, 0.2) is 54.4 Å². The molecule has 0 spiro atoms. The van der Waals surface area contributed by atoms with Gasteiger partial charge in [-0.3, -0.25) is 29.6 Å². The minimum Gasteiger partial charge on any atom is -0.401 e. The summed E-state index contributed by atoms with van der Waals surface area (Å²) in [6, 6.07) is 13.2. The molecular formula is C26H33N5O3. The first-order valence-electron chi connectivity index (χ1n) is 11.5. The number of nitrogens with one attached hydrogen (secondary N) is 1. The number of anilines is 1. The van der Waals surface area contributed by atoms with Gasteiger partial charge in [-0.15, -0.1) is 0 Å². The average molecular weight is 464 g/mol. The highest BCUT2D eigenvalue weighted by molar-refractivity contribution is 6.00. The standard InChI is InChI=1S/C26H33N5O3/c1-3-18-7-11-22(12-8-18)31(28)15-21(27)10-9-19-5-4-6-20(17-32)23(19)16-30(2)24-13-14-25(33)29-26(24)34/h4-8,11-12,15,17,24H,3,9-10,13-14,16,27-28H2,1-2H3,(H,29,33,34)/b21-15-. The lowest BCUT2D eigenvalue weighted by Gasteiger charge is -2.30. The van der Waals surface area contributed by atoms with Crippen molar-refractivity contribution in [3.05, 3.63) is 76.6 Å². The molecule has 0 saturated carbocycles. The SMILES string of the molecule is CCc1ccc(N(N)/C=C(\N)CCc2cccc(C=O)c2CN(C)C2CCC(=O)NC2=O)cc1. The Morgan fingerprint density at radius 2 is 1.91 bits per heavy atom. The number of hydrogen-bond donors (Lipinski definition) is 3. The van der Waals surface area contributed by atoms with Gasteiger partial charge in [-0.2, -0.15) is 0 Å². The van der Waals surface area contributed by atoms with E-state index in [0.717, 1.165) is 29.5 Å². The summed E-state index contributed by atoms with van der Waals surface area (Å²) in [7, 11) is 1.83. The van der Waals surface area contributed by atoms with Crippen LogP contribution in [0.5, 0.6) is 0 Å². The molecule has 0 radical (unpaired) electrons. The van der Waals surface area contributed by atoms with Gasteiger partial charge in [-0.1, -0.05) is 37.3 Å².